The third-order valence-corrected chi connectivity index (χ3v) is 16.4. The lowest BCUT2D eigenvalue weighted by Crippen LogP contribution is -2.41. The van der Waals surface area contributed by atoms with Gasteiger partial charge < -0.3 is 9.73 Å². The summed E-state index contributed by atoms with van der Waals surface area (Å²) in [6.07, 6.45) is 3.34. The molecular formula is C44H47N3O12S4. The molecule has 0 bridgehead atoms. The van der Waals surface area contributed by atoms with Crippen LogP contribution in [0.1, 0.15) is 66.0 Å². The predicted molar refractivity (Wildman–Crippen MR) is 239 cm³/mol. The number of fused-ring (bicyclic) bond motifs is 2. The number of aryl methyl sites for hydroxylation is 4. The quantitative estimate of drug-likeness (QED) is 0.0638. The van der Waals surface area contributed by atoms with Crippen LogP contribution in [0, 0.1) is 47.5 Å². The number of anilines is 2. The third-order valence-electron chi connectivity index (χ3n) is 11.7. The highest BCUT2D eigenvalue weighted by atomic mass is 32.2. The summed E-state index contributed by atoms with van der Waals surface area (Å²) in [5.74, 6) is 0.0580. The maximum absolute atomic E-state index is 14.4. The first kappa shape index (κ1) is 46.0. The molecule has 4 aromatic rings. The van der Waals surface area contributed by atoms with Gasteiger partial charge in [0.2, 0.25) is 10.0 Å². The van der Waals surface area contributed by atoms with Crippen molar-refractivity contribution in [1.29, 1.82) is 0 Å². The minimum absolute atomic E-state index is 0.00229. The van der Waals surface area contributed by atoms with Crippen molar-refractivity contribution in [2.75, 3.05) is 5.32 Å². The SMILES string of the molecule is Cc1cc(C)c(S(=O)(=O)O)c(C)c1N=c1cc2oc3cc(Nc4c(C)cc(C)c(S(=O)(=O)O)c4C)ccc3c(-c3ccccc3S(=O)(=O)NC3CCCCC3C)c-2cc1S(=O)(=O)O. The molecule has 1 heterocycles. The average molecular weight is 938 g/mol. The highest BCUT2D eigenvalue weighted by Crippen LogP contribution is 2.45. The molecule has 2 aliphatic carbocycles. The molecule has 1 fully saturated rings. The van der Waals surface area contributed by atoms with Gasteiger partial charge in [-0.3, -0.25) is 13.7 Å². The van der Waals surface area contributed by atoms with Gasteiger partial charge in [-0.05, 0) is 118 Å². The van der Waals surface area contributed by atoms with Gasteiger partial charge in [0.1, 0.15) is 26.0 Å². The molecule has 4 aromatic carbocycles. The lowest BCUT2D eigenvalue weighted by atomic mass is 9.87. The van der Waals surface area contributed by atoms with Crippen molar-refractivity contribution in [1.82, 2.24) is 4.72 Å². The first-order valence-electron chi connectivity index (χ1n) is 19.9. The van der Waals surface area contributed by atoms with E-state index in [0.29, 0.717) is 39.9 Å². The van der Waals surface area contributed by atoms with Crippen LogP contribution in [0.25, 0.3) is 33.4 Å². The van der Waals surface area contributed by atoms with E-state index in [9.17, 15) is 47.3 Å². The molecule has 7 rings (SSSR count). The molecule has 0 amide bonds. The van der Waals surface area contributed by atoms with Crippen LogP contribution < -0.4 is 15.4 Å². The van der Waals surface area contributed by atoms with Crippen LogP contribution in [0.3, 0.4) is 0 Å². The van der Waals surface area contributed by atoms with Crippen LogP contribution in [0.2, 0.25) is 0 Å². The summed E-state index contributed by atoms with van der Waals surface area (Å²) in [6.45, 7) is 11.4. The van der Waals surface area contributed by atoms with Gasteiger partial charge in [-0.2, -0.15) is 25.3 Å². The van der Waals surface area contributed by atoms with Crippen molar-refractivity contribution in [2.45, 2.75) is 99.8 Å². The second-order valence-electron chi connectivity index (χ2n) is 16.3. The first-order valence-corrected chi connectivity index (χ1v) is 25.7. The lowest BCUT2D eigenvalue weighted by Gasteiger charge is -2.29. The molecule has 0 aromatic heterocycles. The van der Waals surface area contributed by atoms with Gasteiger partial charge in [0.05, 0.1) is 15.9 Å². The first-order chi connectivity index (χ1) is 29.3. The van der Waals surface area contributed by atoms with Crippen LogP contribution in [0.5, 0.6) is 0 Å². The predicted octanol–water partition coefficient (Wildman–Crippen LogP) is 8.63. The largest absolute Gasteiger partial charge is 0.456 e. The summed E-state index contributed by atoms with van der Waals surface area (Å²) < 4.78 is 145. The van der Waals surface area contributed by atoms with Gasteiger partial charge in [-0.1, -0.05) is 50.1 Å². The van der Waals surface area contributed by atoms with Gasteiger partial charge in [-0.25, -0.2) is 18.1 Å². The van der Waals surface area contributed by atoms with Crippen LogP contribution in [-0.2, 0) is 40.4 Å². The Morgan fingerprint density at radius 1 is 0.651 bits per heavy atom. The van der Waals surface area contributed by atoms with E-state index < -0.39 is 50.2 Å². The molecule has 0 radical (unpaired) electrons. The number of nitrogens with one attached hydrogen (secondary N) is 2. The summed E-state index contributed by atoms with van der Waals surface area (Å²) in [5.41, 5.74) is 3.33. The maximum atomic E-state index is 14.4. The molecule has 2 atom stereocenters. The molecule has 334 valence electrons. The molecule has 1 saturated carbocycles. The Labute approximate surface area is 367 Å². The summed E-state index contributed by atoms with van der Waals surface area (Å²) >= 11 is 0. The highest BCUT2D eigenvalue weighted by Gasteiger charge is 2.31. The molecule has 3 aliphatic rings. The summed E-state index contributed by atoms with van der Waals surface area (Å²) in [4.78, 5) is 3.07. The van der Waals surface area contributed by atoms with Crippen LogP contribution in [0.15, 0.2) is 95.7 Å². The van der Waals surface area contributed by atoms with E-state index in [2.05, 4.69) is 15.0 Å². The van der Waals surface area contributed by atoms with E-state index in [1.54, 1.807) is 70.2 Å². The zero-order chi connectivity index (χ0) is 46.1. The number of hydrogen-bond donors (Lipinski definition) is 5. The Kier molecular flexibility index (Phi) is 12.1. The third kappa shape index (κ3) is 8.93. The summed E-state index contributed by atoms with van der Waals surface area (Å²) in [5, 5.41) is 3.20. The lowest BCUT2D eigenvalue weighted by molar-refractivity contribution is 0.310. The Morgan fingerprint density at radius 2 is 1.27 bits per heavy atom. The fourth-order valence-corrected chi connectivity index (χ4v) is 13.1. The summed E-state index contributed by atoms with van der Waals surface area (Å²) in [6, 6.07) is 16.2. The van der Waals surface area contributed by atoms with Gasteiger partial charge in [-0.15, -0.1) is 0 Å². The summed E-state index contributed by atoms with van der Waals surface area (Å²) in [7, 11) is -18.7. The van der Waals surface area contributed by atoms with Crippen molar-refractivity contribution >= 4 is 68.4 Å². The fourth-order valence-electron chi connectivity index (χ4n) is 8.98. The molecule has 1 aliphatic heterocycles. The molecule has 63 heavy (non-hydrogen) atoms. The monoisotopic (exact) mass is 937 g/mol. The Morgan fingerprint density at radius 3 is 1.90 bits per heavy atom. The fraction of sp³-hybridized carbons (Fsp3) is 0.295. The second-order valence-corrected chi connectivity index (χ2v) is 22.1. The number of sulfonamides is 1. The van der Waals surface area contributed by atoms with Crippen molar-refractivity contribution in [3.63, 3.8) is 0 Å². The molecule has 5 N–H and O–H groups in total. The Bertz CT molecular complexity index is 3380. The van der Waals surface area contributed by atoms with Gasteiger partial charge in [0.25, 0.3) is 30.4 Å². The standard InChI is InChI=1S/C44H47N3O12S4/c1-23-12-8-10-14-34(23)47-60(48,49)38-15-11-9-13-32(38)40-31-17-16-30(45-41-24(2)18-26(4)43(28(41)6)62(53,54)55)20-36(31)59-37-22-35(39(21-33(37)40)61(50,51)52)46-42-25(3)19-27(5)44(29(42)7)63(56,57)58/h9,11,13,15-23,34,45,47H,8,10,12,14H2,1-7H3,(H,50,51,52)(H,53,54,55)(H,56,57,58). The van der Waals surface area contributed by atoms with Crippen molar-refractivity contribution < 1.29 is 51.7 Å². The normalized spacial score (nSPS) is 16.8. The number of benzene rings is 5. The van der Waals surface area contributed by atoms with Gasteiger partial charge in [0, 0.05) is 51.6 Å². The molecule has 15 nitrogen and oxygen atoms in total. The zero-order valence-corrected chi connectivity index (χ0v) is 38.7. The van der Waals surface area contributed by atoms with Crippen molar-refractivity contribution in [2.24, 2.45) is 10.9 Å². The van der Waals surface area contributed by atoms with Crippen LogP contribution >= 0.6 is 0 Å². The molecular weight excluding hydrogens is 891 g/mol. The number of hydrogen-bond acceptors (Lipinski definition) is 11. The molecule has 0 saturated heterocycles. The highest BCUT2D eigenvalue weighted by molar-refractivity contribution is 7.89. The maximum Gasteiger partial charge on any atom is 0.296 e. The van der Waals surface area contributed by atoms with E-state index in [0.717, 1.165) is 25.3 Å². The minimum Gasteiger partial charge on any atom is -0.456 e. The van der Waals surface area contributed by atoms with E-state index in [4.69, 9.17) is 4.42 Å². The molecule has 0 spiro atoms. The zero-order valence-electron chi connectivity index (χ0n) is 35.4. The van der Waals surface area contributed by atoms with E-state index in [1.165, 1.54) is 32.0 Å². The van der Waals surface area contributed by atoms with E-state index >= 15 is 0 Å². The minimum atomic E-state index is -5.10. The Hall–Kier alpha value is -4.99. The smallest absolute Gasteiger partial charge is 0.296 e. The van der Waals surface area contributed by atoms with Crippen molar-refractivity contribution in [3.8, 4) is 22.5 Å². The average Bonchev–Trinajstić information content (AvgIpc) is 3.16. The van der Waals surface area contributed by atoms with Crippen LogP contribution in [0.4, 0.5) is 17.1 Å². The molecule has 19 heteroatoms. The second kappa shape index (κ2) is 16.5. The van der Waals surface area contributed by atoms with Crippen molar-refractivity contribution in [3.05, 3.63) is 105 Å². The topological polar surface area (TPSA) is 247 Å². The number of nitrogens with zero attached hydrogens (tertiary/aromatic N) is 1. The van der Waals surface area contributed by atoms with Gasteiger partial charge >= 0.3 is 0 Å². The van der Waals surface area contributed by atoms with E-state index in [1.807, 2.05) is 6.92 Å². The van der Waals surface area contributed by atoms with Gasteiger partial charge in [0.15, 0.2) is 0 Å². The number of rotatable bonds is 10. The Balaban J connectivity index is 1.56. The molecule has 2 unspecified atom stereocenters. The van der Waals surface area contributed by atoms with Crippen LogP contribution in [-0.4, -0.2) is 53.4 Å². The van der Waals surface area contributed by atoms with E-state index in [-0.39, 0.29) is 77.5 Å².